The van der Waals surface area contributed by atoms with E-state index in [4.69, 9.17) is 0 Å². The van der Waals surface area contributed by atoms with Gasteiger partial charge in [0, 0.05) is 11.3 Å². The van der Waals surface area contributed by atoms with Gasteiger partial charge in [-0.05, 0) is 35.4 Å². The highest BCUT2D eigenvalue weighted by atomic mass is 32.1. The van der Waals surface area contributed by atoms with Gasteiger partial charge in [-0.3, -0.25) is 0 Å². The summed E-state index contributed by atoms with van der Waals surface area (Å²) in [5, 5.41) is 2.16. The Hall–Kier alpha value is -1.08. The van der Waals surface area contributed by atoms with E-state index < -0.39 is 0 Å². The molecule has 0 saturated heterocycles. The van der Waals surface area contributed by atoms with E-state index in [9.17, 15) is 0 Å². The van der Waals surface area contributed by atoms with Gasteiger partial charge in [0.1, 0.15) is 0 Å². The molecule has 0 bridgehead atoms. The van der Waals surface area contributed by atoms with Crippen LogP contribution in [0.25, 0.3) is 0 Å². The van der Waals surface area contributed by atoms with Crippen molar-refractivity contribution in [1.82, 2.24) is 0 Å². The van der Waals surface area contributed by atoms with Crippen LogP contribution in [0.1, 0.15) is 87.1 Å². The SMILES string of the molecule is CCCCCCCCCCCCc1ccc(Cc2cccs2)cc1. The van der Waals surface area contributed by atoms with Gasteiger partial charge in [0.05, 0.1) is 0 Å². The summed E-state index contributed by atoms with van der Waals surface area (Å²) in [4.78, 5) is 1.46. The molecule has 0 N–H and O–H groups in total. The molecule has 2 aromatic rings. The Morgan fingerprint density at radius 3 is 1.83 bits per heavy atom. The van der Waals surface area contributed by atoms with Crippen molar-refractivity contribution >= 4 is 11.3 Å². The van der Waals surface area contributed by atoms with Crippen LogP contribution in [-0.4, -0.2) is 0 Å². The van der Waals surface area contributed by atoms with Gasteiger partial charge in [0.2, 0.25) is 0 Å². The Morgan fingerprint density at radius 2 is 1.25 bits per heavy atom. The third-order valence-corrected chi connectivity index (χ3v) is 5.68. The van der Waals surface area contributed by atoms with Crippen LogP contribution < -0.4 is 0 Å². The molecule has 1 heterocycles. The quantitative estimate of drug-likeness (QED) is 0.326. The van der Waals surface area contributed by atoms with Gasteiger partial charge in [-0.25, -0.2) is 0 Å². The summed E-state index contributed by atoms with van der Waals surface area (Å²) in [5.74, 6) is 0. The molecule has 0 radical (unpaired) electrons. The lowest BCUT2D eigenvalue weighted by Crippen LogP contribution is -1.89. The molecule has 24 heavy (non-hydrogen) atoms. The Morgan fingerprint density at radius 1 is 0.667 bits per heavy atom. The van der Waals surface area contributed by atoms with Gasteiger partial charge in [-0.15, -0.1) is 11.3 Å². The van der Waals surface area contributed by atoms with Crippen LogP contribution in [0.4, 0.5) is 0 Å². The van der Waals surface area contributed by atoms with Crippen molar-refractivity contribution in [3.63, 3.8) is 0 Å². The topological polar surface area (TPSA) is 0 Å². The first-order chi connectivity index (χ1) is 11.9. The van der Waals surface area contributed by atoms with Crippen molar-refractivity contribution < 1.29 is 0 Å². The second-order valence-electron chi connectivity index (χ2n) is 7.00. The number of benzene rings is 1. The molecule has 0 aliphatic heterocycles. The fourth-order valence-corrected chi connectivity index (χ4v) is 3.99. The molecule has 0 unspecified atom stereocenters. The largest absolute Gasteiger partial charge is 0.149 e. The lowest BCUT2D eigenvalue weighted by atomic mass is 10.0. The van der Waals surface area contributed by atoms with Crippen LogP contribution in [0.5, 0.6) is 0 Å². The lowest BCUT2D eigenvalue weighted by Gasteiger charge is -2.05. The second kappa shape index (κ2) is 12.3. The number of unbranched alkanes of at least 4 members (excludes halogenated alkanes) is 9. The summed E-state index contributed by atoms with van der Waals surface area (Å²) in [6.45, 7) is 2.29. The first kappa shape index (κ1) is 19.2. The molecule has 0 fully saturated rings. The van der Waals surface area contributed by atoms with Crippen LogP contribution in [0.3, 0.4) is 0 Å². The zero-order valence-corrected chi connectivity index (χ0v) is 16.3. The Kier molecular flexibility index (Phi) is 9.87. The normalized spacial score (nSPS) is 11.0. The molecule has 1 aromatic carbocycles. The third kappa shape index (κ3) is 8.15. The molecule has 0 aliphatic carbocycles. The highest BCUT2D eigenvalue weighted by molar-refractivity contribution is 7.09. The highest BCUT2D eigenvalue weighted by Gasteiger charge is 1.99. The minimum absolute atomic E-state index is 1.08. The molecule has 0 amide bonds. The number of hydrogen-bond donors (Lipinski definition) is 0. The van der Waals surface area contributed by atoms with E-state index in [0.717, 1.165) is 6.42 Å². The van der Waals surface area contributed by atoms with Gasteiger partial charge in [-0.2, -0.15) is 0 Å². The summed E-state index contributed by atoms with van der Waals surface area (Å²) >= 11 is 1.85. The smallest absolute Gasteiger partial charge is 0.00890 e. The van der Waals surface area contributed by atoms with E-state index in [1.807, 2.05) is 11.3 Å². The van der Waals surface area contributed by atoms with Crippen LogP contribution in [0, 0.1) is 0 Å². The Bertz CT molecular complexity index is 509. The van der Waals surface area contributed by atoms with E-state index in [0.29, 0.717) is 0 Å². The van der Waals surface area contributed by atoms with Gasteiger partial charge in [0.25, 0.3) is 0 Å². The number of hydrogen-bond acceptors (Lipinski definition) is 1. The van der Waals surface area contributed by atoms with Crippen molar-refractivity contribution in [1.29, 1.82) is 0 Å². The lowest BCUT2D eigenvalue weighted by molar-refractivity contribution is 0.556. The second-order valence-corrected chi connectivity index (χ2v) is 8.04. The van der Waals surface area contributed by atoms with E-state index in [2.05, 4.69) is 48.7 Å². The Balaban J connectivity index is 1.50. The highest BCUT2D eigenvalue weighted by Crippen LogP contribution is 2.17. The predicted molar refractivity (Wildman–Crippen MR) is 109 cm³/mol. The van der Waals surface area contributed by atoms with Crippen LogP contribution in [-0.2, 0) is 12.8 Å². The molecule has 0 nitrogen and oxygen atoms in total. The molecule has 0 spiro atoms. The number of thiophene rings is 1. The summed E-state index contributed by atoms with van der Waals surface area (Å²) in [5.41, 5.74) is 2.94. The summed E-state index contributed by atoms with van der Waals surface area (Å²) in [7, 11) is 0. The summed E-state index contributed by atoms with van der Waals surface area (Å²) in [6.07, 6.45) is 16.5. The molecule has 0 atom stereocenters. The van der Waals surface area contributed by atoms with Crippen molar-refractivity contribution in [3.8, 4) is 0 Å². The van der Waals surface area contributed by atoms with Gasteiger partial charge >= 0.3 is 0 Å². The molecule has 0 aliphatic rings. The van der Waals surface area contributed by atoms with Crippen molar-refractivity contribution in [2.75, 3.05) is 0 Å². The average molecular weight is 343 g/mol. The fourth-order valence-electron chi connectivity index (χ4n) is 3.25. The predicted octanol–water partition coefficient (Wildman–Crippen LogP) is 7.80. The van der Waals surface area contributed by atoms with Gasteiger partial charge < -0.3 is 0 Å². The van der Waals surface area contributed by atoms with Crippen LogP contribution in [0.2, 0.25) is 0 Å². The van der Waals surface area contributed by atoms with Crippen LogP contribution >= 0.6 is 11.3 Å². The van der Waals surface area contributed by atoms with E-state index in [1.165, 1.54) is 86.6 Å². The average Bonchev–Trinajstić information content (AvgIpc) is 3.11. The van der Waals surface area contributed by atoms with E-state index >= 15 is 0 Å². The van der Waals surface area contributed by atoms with Crippen molar-refractivity contribution in [2.24, 2.45) is 0 Å². The maximum absolute atomic E-state index is 2.33. The maximum atomic E-state index is 2.33. The van der Waals surface area contributed by atoms with Crippen LogP contribution in [0.15, 0.2) is 41.8 Å². The third-order valence-electron chi connectivity index (χ3n) is 4.80. The molecule has 0 saturated carbocycles. The molecule has 1 heteroatoms. The number of aryl methyl sites for hydroxylation is 1. The first-order valence-corrected chi connectivity index (χ1v) is 10.9. The fraction of sp³-hybridized carbons (Fsp3) is 0.565. The van der Waals surface area contributed by atoms with Crippen molar-refractivity contribution in [3.05, 3.63) is 57.8 Å². The first-order valence-electron chi connectivity index (χ1n) is 9.98. The zero-order chi connectivity index (χ0) is 16.9. The maximum Gasteiger partial charge on any atom is 0.00890 e. The monoisotopic (exact) mass is 342 g/mol. The van der Waals surface area contributed by atoms with Gasteiger partial charge in [-0.1, -0.05) is 95.0 Å². The minimum Gasteiger partial charge on any atom is -0.149 e. The molecule has 132 valence electrons. The molecular weight excluding hydrogens is 308 g/mol. The summed E-state index contributed by atoms with van der Waals surface area (Å²) in [6, 6.07) is 13.6. The van der Waals surface area contributed by atoms with Gasteiger partial charge in [0.15, 0.2) is 0 Å². The van der Waals surface area contributed by atoms with E-state index in [-0.39, 0.29) is 0 Å². The summed E-state index contributed by atoms with van der Waals surface area (Å²) < 4.78 is 0. The molecular formula is C23H34S. The molecule has 1 aromatic heterocycles. The standard InChI is InChI=1S/C23H34S/c1-2-3-4-5-6-7-8-9-10-11-13-21-15-17-22(18-16-21)20-23-14-12-19-24-23/h12,14-19H,2-11,13,20H2,1H3. The zero-order valence-electron chi connectivity index (χ0n) is 15.4. The van der Waals surface area contributed by atoms with Crippen molar-refractivity contribution in [2.45, 2.75) is 84.0 Å². The minimum atomic E-state index is 1.08. The molecule has 2 rings (SSSR count). The van der Waals surface area contributed by atoms with E-state index in [1.54, 1.807) is 0 Å². The number of rotatable bonds is 13. The Labute approximate surface area is 153 Å².